The van der Waals surface area contributed by atoms with Gasteiger partial charge in [-0.05, 0) is 46.8 Å². The molecule has 0 saturated carbocycles. The summed E-state index contributed by atoms with van der Waals surface area (Å²) >= 11 is 5.40. The minimum atomic E-state index is 0.416. The molecule has 0 saturated heterocycles. The second kappa shape index (κ2) is 4.83. The van der Waals surface area contributed by atoms with Crippen molar-refractivity contribution in [2.24, 2.45) is 0 Å². The van der Waals surface area contributed by atoms with Gasteiger partial charge in [-0.2, -0.15) is 5.21 Å². The minimum Gasteiger partial charge on any atom is -0.303 e. The van der Waals surface area contributed by atoms with Crippen molar-refractivity contribution < 1.29 is 0 Å². The summed E-state index contributed by atoms with van der Waals surface area (Å²) in [5.41, 5.74) is 1.43. The Balaban J connectivity index is 1.72. The zero-order valence-corrected chi connectivity index (χ0v) is 11.5. The van der Waals surface area contributed by atoms with Crippen LogP contribution in [0.15, 0.2) is 9.85 Å². The number of aromatic amines is 1. The lowest BCUT2D eigenvalue weighted by atomic mass is 9.94. The maximum absolute atomic E-state index is 3.95. The molecule has 0 fully saturated rings. The maximum atomic E-state index is 3.95. The van der Waals surface area contributed by atoms with Crippen LogP contribution in [0.2, 0.25) is 0 Å². The molecule has 5 nitrogen and oxygen atoms in total. The van der Waals surface area contributed by atoms with Crippen LogP contribution in [0, 0.1) is 0 Å². The SMILES string of the molecule is Brc1cc2c(s1)CCCC2NCc1nn[nH]n1. The number of fused-ring (bicyclic) bond motifs is 1. The monoisotopic (exact) mass is 313 g/mol. The van der Waals surface area contributed by atoms with Gasteiger partial charge in [-0.25, -0.2) is 0 Å². The van der Waals surface area contributed by atoms with Crippen LogP contribution in [0.4, 0.5) is 0 Å². The number of H-pyrrole nitrogens is 1. The van der Waals surface area contributed by atoms with Crippen LogP contribution in [0.3, 0.4) is 0 Å². The van der Waals surface area contributed by atoms with E-state index in [1.54, 1.807) is 0 Å². The van der Waals surface area contributed by atoms with E-state index in [0.717, 1.165) is 0 Å². The van der Waals surface area contributed by atoms with Crippen LogP contribution < -0.4 is 5.32 Å². The molecule has 0 spiro atoms. The Morgan fingerprint density at radius 3 is 3.35 bits per heavy atom. The molecule has 1 aliphatic carbocycles. The Morgan fingerprint density at radius 1 is 1.59 bits per heavy atom. The van der Waals surface area contributed by atoms with E-state index in [1.807, 2.05) is 11.3 Å². The van der Waals surface area contributed by atoms with E-state index in [0.29, 0.717) is 18.4 Å². The smallest absolute Gasteiger partial charge is 0.188 e. The zero-order valence-electron chi connectivity index (χ0n) is 9.11. The molecule has 2 aromatic rings. The number of hydrogen-bond acceptors (Lipinski definition) is 5. The molecule has 0 radical (unpaired) electrons. The normalized spacial score (nSPS) is 19.2. The average Bonchev–Trinajstić information content (AvgIpc) is 2.93. The first-order valence-corrected chi connectivity index (χ1v) is 7.17. The molecule has 2 aromatic heterocycles. The van der Waals surface area contributed by atoms with Crippen LogP contribution >= 0.6 is 27.3 Å². The van der Waals surface area contributed by atoms with Crippen molar-refractivity contribution in [2.45, 2.75) is 31.8 Å². The van der Waals surface area contributed by atoms with Gasteiger partial charge >= 0.3 is 0 Å². The molecule has 0 bridgehead atoms. The van der Waals surface area contributed by atoms with E-state index in [-0.39, 0.29) is 0 Å². The van der Waals surface area contributed by atoms with Crippen LogP contribution in [-0.4, -0.2) is 20.6 Å². The fourth-order valence-electron chi connectivity index (χ4n) is 2.21. The van der Waals surface area contributed by atoms with E-state index in [1.165, 1.54) is 33.5 Å². The van der Waals surface area contributed by atoms with E-state index in [2.05, 4.69) is 47.9 Å². The molecule has 0 aromatic carbocycles. The fourth-order valence-corrected chi connectivity index (χ4v) is 4.02. The highest BCUT2D eigenvalue weighted by molar-refractivity contribution is 9.11. The molecule has 2 N–H and O–H groups in total. The third-order valence-electron chi connectivity index (χ3n) is 2.98. The van der Waals surface area contributed by atoms with E-state index in [4.69, 9.17) is 0 Å². The summed E-state index contributed by atoms with van der Waals surface area (Å²) in [7, 11) is 0. The Bertz CT molecular complexity index is 495. The summed E-state index contributed by atoms with van der Waals surface area (Å²) in [5, 5.41) is 17.4. The van der Waals surface area contributed by atoms with Crippen LogP contribution in [-0.2, 0) is 13.0 Å². The Hall–Kier alpha value is -0.790. The second-order valence-corrected chi connectivity index (χ2v) is 6.60. The van der Waals surface area contributed by atoms with Crippen molar-refractivity contribution in [1.82, 2.24) is 25.9 Å². The van der Waals surface area contributed by atoms with Gasteiger partial charge in [0.1, 0.15) is 0 Å². The highest BCUT2D eigenvalue weighted by Gasteiger charge is 2.22. The van der Waals surface area contributed by atoms with Crippen molar-refractivity contribution >= 4 is 27.3 Å². The van der Waals surface area contributed by atoms with Crippen LogP contribution in [0.25, 0.3) is 0 Å². The molecule has 0 aliphatic heterocycles. The van der Waals surface area contributed by atoms with Gasteiger partial charge in [-0.15, -0.1) is 21.5 Å². The van der Waals surface area contributed by atoms with Gasteiger partial charge in [-0.3, -0.25) is 0 Å². The molecule has 7 heteroatoms. The lowest BCUT2D eigenvalue weighted by molar-refractivity contribution is 0.456. The predicted molar refractivity (Wildman–Crippen MR) is 68.7 cm³/mol. The quantitative estimate of drug-likeness (QED) is 0.911. The van der Waals surface area contributed by atoms with Crippen LogP contribution in [0.1, 0.15) is 35.1 Å². The van der Waals surface area contributed by atoms with Gasteiger partial charge in [-0.1, -0.05) is 5.21 Å². The van der Waals surface area contributed by atoms with Gasteiger partial charge in [0, 0.05) is 10.9 Å². The van der Waals surface area contributed by atoms with Crippen molar-refractivity contribution in [3.63, 3.8) is 0 Å². The second-order valence-electron chi connectivity index (χ2n) is 4.08. The lowest BCUT2D eigenvalue weighted by Gasteiger charge is -2.23. The van der Waals surface area contributed by atoms with Crippen LogP contribution in [0.5, 0.6) is 0 Å². The number of halogens is 1. The molecule has 3 rings (SSSR count). The Labute approximate surface area is 111 Å². The van der Waals surface area contributed by atoms with Gasteiger partial charge in [0.15, 0.2) is 5.82 Å². The summed E-state index contributed by atoms with van der Waals surface area (Å²) in [6.45, 7) is 0.661. The zero-order chi connectivity index (χ0) is 11.7. The van der Waals surface area contributed by atoms with Gasteiger partial charge in [0.25, 0.3) is 0 Å². The summed E-state index contributed by atoms with van der Waals surface area (Å²) in [4.78, 5) is 1.49. The molecule has 90 valence electrons. The van der Waals surface area contributed by atoms with Crippen molar-refractivity contribution in [3.05, 3.63) is 26.1 Å². The third kappa shape index (κ3) is 2.41. The molecule has 1 atom stereocenters. The van der Waals surface area contributed by atoms with E-state index in [9.17, 15) is 0 Å². The first-order valence-electron chi connectivity index (χ1n) is 5.57. The molecule has 17 heavy (non-hydrogen) atoms. The number of tetrazole rings is 1. The number of aryl methyl sites for hydroxylation is 1. The third-order valence-corrected chi connectivity index (χ3v) is 4.69. The van der Waals surface area contributed by atoms with Gasteiger partial charge < -0.3 is 5.32 Å². The van der Waals surface area contributed by atoms with Crippen molar-refractivity contribution in [1.29, 1.82) is 0 Å². The fraction of sp³-hybridized carbons (Fsp3) is 0.500. The number of nitrogens with one attached hydrogen (secondary N) is 2. The van der Waals surface area contributed by atoms with E-state index < -0.39 is 0 Å². The van der Waals surface area contributed by atoms with Gasteiger partial charge in [0.05, 0.1) is 10.3 Å². The number of hydrogen-bond donors (Lipinski definition) is 2. The summed E-state index contributed by atoms with van der Waals surface area (Å²) < 4.78 is 1.22. The topological polar surface area (TPSA) is 66.5 Å². The first-order chi connectivity index (χ1) is 8.33. The Kier molecular flexibility index (Phi) is 3.21. The average molecular weight is 314 g/mol. The summed E-state index contributed by atoms with van der Waals surface area (Å²) in [5.74, 6) is 0.714. The molecular weight excluding hydrogens is 302 g/mol. The van der Waals surface area contributed by atoms with Crippen molar-refractivity contribution in [2.75, 3.05) is 0 Å². The maximum Gasteiger partial charge on any atom is 0.188 e. The largest absolute Gasteiger partial charge is 0.303 e. The summed E-state index contributed by atoms with van der Waals surface area (Å²) in [6.07, 6.45) is 3.61. The Morgan fingerprint density at radius 2 is 2.53 bits per heavy atom. The highest BCUT2D eigenvalue weighted by Crippen LogP contribution is 2.37. The molecular formula is C10H12BrN5S. The molecule has 0 amide bonds. The number of rotatable bonds is 3. The predicted octanol–water partition coefficient (Wildman–Crippen LogP) is 2.19. The lowest BCUT2D eigenvalue weighted by Crippen LogP contribution is -2.24. The summed E-state index contributed by atoms with van der Waals surface area (Å²) in [6, 6.07) is 2.65. The molecule has 2 heterocycles. The molecule has 1 unspecified atom stereocenters. The van der Waals surface area contributed by atoms with Crippen molar-refractivity contribution in [3.8, 4) is 0 Å². The number of nitrogens with zero attached hydrogens (tertiary/aromatic N) is 3. The van der Waals surface area contributed by atoms with Gasteiger partial charge in [0.2, 0.25) is 0 Å². The minimum absolute atomic E-state index is 0.416. The van der Waals surface area contributed by atoms with E-state index >= 15 is 0 Å². The first kappa shape index (κ1) is 11.3. The number of thiophene rings is 1. The number of aromatic nitrogens is 4. The standard InChI is InChI=1S/C10H12BrN5S/c11-9-4-6-7(2-1-3-8(6)17-9)12-5-10-13-15-16-14-10/h4,7,12H,1-3,5H2,(H,13,14,15,16). The molecule has 1 aliphatic rings. The highest BCUT2D eigenvalue weighted by atomic mass is 79.9.